The molecule has 0 heteroatoms. The average Bonchev–Trinajstić information content (AvgIpc) is 2.24. The lowest BCUT2D eigenvalue weighted by Crippen LogP contribution is -2.06. The Labute approximate surface area is 92.3 Å². The molecule has 1 atom stereocenters. The lowest BCUT2D eigenvalue weighted by atomic mass is 9.83. The van der Waals surface area contributed by atoms with Gasteiger partial charge in [-0.15, -0.1) is 0 Å². The Hall–Kier alpha value is -1.30. The topological polar surface area (TPSA) is 0 Å². The minimum absolute atomic E-state index is 0.575. The zero-order chi connectivity index (χ0) is 10.8. The fourth-order valence-electron chi connectivity index (χ4n) is 2.25. The summed E-state index contributed by atoms with van der Waals surface area (Å²) in [5.41, 5.74) is 5.41. The maximum Gasteiger partial charge on any atom is -0.0194 e. The van der Waals surface area contributed by atoms with Gasteiger partial charge < -0.3 is 0 Å². The first-order chi connectivity index (χ1) is 7.18. The number of hydrogen-bond donors (Lipinski definition) is 0. The molecule has 1 unspecified atom stereocenters. The van der Waals surface area contributed by atoms with Crippen molar-refractivity contribution < 1.29 is 0 Å². The van der Waals surface area contributed by atoms with Crippen LogP contribution in [0.15, 0.2) is 43.0 Å². The summed E-state index contributed by atoms with van der Waals surface area (Å²) in [6.07, 6.45) is 3.28. The van der Waals surface area contributed by atoms with Gasteiger partial charge in [0, 0.05) is 0 Å². The highest BCUT2D eigenvalue weighted by molar-refractivity contribution is 5.67. The van der Waals surface area contributed by atoms with E-state index < -0.39 is 0 Å². The largest absolute Gasteiger partial charge is 0.0996 e. The standard InChI is InChI=1S/C15H18/c1-11-8-9-14-6-4-5-7-15(14)13(3)10-12(11)2/h4-7,12H,1,3,8-10H2,2H3. The van der Waals surface area contributed by atoms with E-state index in [-0.39, 0.29) is 0 Å². The van der Waals surface area contributed by atoms with Crippen LogP contribution in [0.25, 0.3) is 5.57 Å². The predicted octanol–water partition coefficient (Wildman–Crippen LogP) is 4.23. The molecule has 0 aromatic heterocycles. The van der Waals surface area contributed by atoms with E-state index in [4.69, 9.17) is 0 Å². The summed E-state index contributed by atoms with van der Waals surface area (Å²) in [6, 6.07) is 8.62. The Kier molecular flexibility index (Phi) is 2.77. The van der Waals surface area contributed by atoms with E-state index in [9.17, 15) is 0 Å². The molecule has 1 aliphatic carbocycles. The molecule has 0 radical (unpaired) electrons. The third kappa shape index (κ3) is 2.04. The van der Waals surface area contributed by atoms with Crippen molar-refractivity contribution in [2.45, 2.75) is 26.2 Å². The normalized spacial score (nSPS) is 21.8. The molecular weight excluding hydrogens is 180 g/mol. The first-order valence-corrected chi connectivity index (χ1v) is 5.62. The average molecular weight is 198 g/mol. The third-order valence-corrected chi connectivity index (χ3v) is 3.36. The van der Waals surface area contributed by atoms with Crippen molar-refractivity contribution in [3.63, 3.8) is 0 Å². The molecule has 0 spiro atoms. The lowest BCUT2D eigenvalue weighted by Gasteiger charge is -2.22. The van der Waals surface area contributed by atoms with Crippen LogP contribution in [0.3, 0.4) is 0 Å². The Bertz CT molecular complexity index is 398. The summed E-state index contributed by atoms with van der Waals surface area (Å²) < 4.78 is 0. The molecule has 2 rings (SSSR count). The zero-order valence-electron chi connectivity index (χ0n) is 9.42. The Morgan fingerprint density at radius 2 is 1.87 bits per heavy atom. The predicted molar refractivity (Wildman–Crippen MR) is 66.7 cm³/mol. The molecule has 0 saturated carbocycles. The third-order valence-electron chi connectivity index (χ3n) is 3.36. The second-order valence-corrected chi connectivity index (χ2v) is 4.52. The van der Waals surface area contributed by atoms with Crippen molar-refractivity contribution in [1.29, 1.82) is 0 Å². The number of allylic oxidation sites excluding steroid dienone is 2. The van der Waals surface area contributed by atoms with Crippen LogP contribution in [-0.2, 0) is 6.42 Å². The summed E-state index contributed by atoms with van der Waals surface area (Å²) in [4.78, 5) is 0. The Morgan fingerprint density at radius 3 is 2.67 bits per heavy atom. The molecule has 0 amide bonds. The zero-order valence-corrected chi connectivity index (χ0v) is 9.42. The van der Waals surface area contributed by atoms with Crippen molar-refractivity contribution in [1.82, 2.24) is 0 Å². The fourth-order valence-corrected chi connectivity index (χ4v) is 2.25. The first-order valence-electron chi connectivity index (χ1n) is 5.62. The van der Waals surface area contributed by atoms with Crippen LogP contribution in [0, 0.1) is 5.92 Å². The van der Waals surface area contributed by atoms with E-state index in [1.807, 2.05) is 0 Å². The van der Waals surface area contributed by atoms with Gasteiger partial charge in [0.15, 0.2) is 0 Å². The van der Waals surface area contributed by atoms with Gasteiger partial charge in [-0.3, -0.25) is 0 Å². The summed E-state index contributed by atoms with van der Waals surface area (Å²) >= 11 is 0. The molecule has 1 aromatic rings. The molecule has 15 heavy (non-hydrogen) atoms. The molecule has 0 fully saturated rings. The Balaban J connectivity index is 2.38. The van der Waals surface area contributed by atoms with Crippen LogP contribution in [-0.4, -0.2) is 0 Å². The molecule has 1 aromatic carbocycles. The summed E-state index contributed by atoms with van der Waals surface area (Å²) in [5, 5.41) is 0. The van der Waals surface area contributed by atoms with Gasteiger partial charge in [0.1, 0.15) is 0 Å². The van der Waals surface area contributed by atoms with Crippen molar-refractivity contribution in [3.8, 4) is 0 Å². The number of hydrogen-bond acceptors (Lipinski definition) is 0. The van der Waals surface area contributed by atoms with Gasteiger partial charge in [-0.25, -0.2) is 0 Å². The van der Waals surface area contributed by atoms with Gasteiger partial charge in [0.25, 0.3) is 0 Å². The van der Waals surface area contributed by atoms with Gasteiger partial charge in [-0.05, 0) is 41.9 Å². The second-order valence-electron chi connectivity index (χ2n) is 4.52. The molecule has 0 aliphatic heterocycles. The second kappa shape index (κ2) is 4.06. The summed E-state index contributed by atoms with van der Waals surface area (Å²) in [7, 11) is 0. The number of fused-ring (bicyclic) bond motifs is 1. The van der Waals surface area contributed by atoms with Gasteiger partial charge >= 0.3 is 0 Å². The lowest BCUT2D eigenvalue weighted by molar-refractivity contribution is 0.656. The van der Waals surface area contributed by atoms with Gasteiger partial charge in [0.05, 0.1) is 0 Å². The maximum atomic E-state index is 4.20. The van der Waals surface area contributed by atoms with E-state index in [0.717, 1.165) is 19.3 Å². The quantitative estimate of drug-likeness (QED) is 0.547. The number of aryl methyl sites for hydroxylation is 1. The minimum Gasteiger partial charge on any atom is -0.0996 e. The molecular formula is C15H18. The molecule has 0 nitrogen and oxygen atoms in total. The molecule has 1 aliphatic rings. The molecule has 0 N–H and O–H groups in total. The monoisotopic (exact) mass is 198 g/mol. The smallest absolute Gasteiger partial charge is 0.0194 e. The van der Waals surface area contributed by atoms with E-state index in [1.165, 1.54) is 22.3 Å². The SMILES string of the molecule is C=C1CC(C)C(=C)CCc2ccccc21. The highest BCUT2D eigenvalue weighted by Gasteiger charge is 2.15. The highest BCUT2D eigenvalue weighted by atomic mass is 14.2. The fraction of sp³-hybridized carbons (Fsp3) is 0.333. The van der Waals surface area contributed by atoms with E-state index in [2.05, 4.69) is 44.3 Å². The van der Waals surface area contributed by atoms with Crippen LogP contribution in [0.4, 0.5) is 0 Å². The summed E-state index contributed by atoms with van der Waals surface area (Å²) in [5.74, 6) is 0.575. The van der Waals surface area contributed by atoms with Gasteiger partial charge in [-0.1, -0.05) is 49.9 Å². The summed E-state index contributed by atoms with van der Waals surface area (Å²) in [6.45, 7) is 10.6. The van der Waals surface area contributed by atoms with E-state index in [0.29, 0.717) is 5.92 Å². The van der Waals surface area contributed by atoms with E-state index in [1.54, 1.807) is 0 Å². The van der Waals surface area contributed by atoms with Crippen molar-refractivity contribution in [3.05, 3.63) is 54.1 Å². The number of benzene rings is 1. The molecule has 0 heterocycles. The van der Waals surface area contributed by atoms with E-state index >= 15 is 0 Å². The van der Waals surface area contributed by atoms with Crippen molar-refractivity contribution in [2.24, 2.45) is 5.92 Å². The highest BCUT2D eigenvalue weighted by Crippen LogP contribution is 2.32. The van der Waals surface area contributed by atoms with Gasteiger partial charge in [0.2, 0.25) is 0 Å². The number of rotatable bonds is 0. The van der Waals surface area contributed by atoms with Crippen molar-refractivity contribution in [2.75, 3.05) is 0 Å². The molecule has 78 valence electrons. The Morgan fingerprint density at radius 1 is 1.13 bits per heavy atom. The maximum absolute atomic E-state index is 4.20. The molecule has 0 bridgehead atoms. The van der Waals surface area contributed by atoms with Crippen LogP contribution in [0.1, 0.15) is 30.9 Å². The van der Waals surface area contributed by atoms with Crippen LogP contribution >= 0.6 is 0 Å². The van der Waals surface area contributed by atoms with Gasteiger partial charge in [-0.2, -0.15) is 0 Å². The minimum atomic E-state index is 0.575. The van der Waals surface area contributed by atoms with Crippen LogP contribution < -0.4 is 0 Å². The van der Waals surface area contributed by atoms with Crippen molar-refractivity contribution >= 4 is 5.57 Å². The van der Waals surface area contributed by atoms with Crippen LogP contribution in [0.5, 0.6) is 0 Å². The molecule has 0 saturated heterocycles. The first kappa shape index (κ1) is 10.2. The van der Waals surface area contributed by atoms with Crippen LogP contribution in [0.2, 0.25) is 0 Å².